The molecule has 5 nitrogen and oxygen atoms in total. The third-order valence-corrected chi connectivity index (χ3v) is 3.20. The number of methoxy groups -OCH3 is 1. The molecule has 6 heteroatoms. The Hall–Kier alpha value is -2.01. The summed E-state index contributed by atoms with van der Waals surface area (Å²) < 4.78 is 5.30. The van der Waals surface area contributed by atoms with Crippen LogP contribution in [0.3, 0.4) is 0 Å². The van der Waals surface area contributed by atoms with Crippen LogP contribution < -0.4 is 15.8 Å². The minimum absolute atomic E-state index is 0.450. The van der Waals surface area contributed by atoms with Crippen molar-refractivity contribution in [2.45, 2.75) is 19.9 Å². The molecule has 1 aromatic heterocycles. The van der Waals surface area contributed by atoms with Crippen molar-refractivity contribution in [2.75, 3.05) is 18.2 Å². The van der Waals surface area contributed by atoms with Gasteiger partial charge < -0.3 is 15.8 Å². The summed E-state index contributed by atoms with van der Waals surface area (Å²) in [6, 6.07) is 7.24. The molecule has 0 amide bonds. The van der Waals surface area contributed by atoms with Crippen LogP contribution in [-0.4, -0.2) is 17.1 Å². The van der Waals surface area contributed by atoms with E-state index in [9.17, 15) is 0 Å². The highest BCUT2D eigenvalue weighted by atomic mass is 35.5. The van der Waals surface area contributed by atoms with Crippen molar-refractivity contribution < 1.29 is 4.74 Å². The molecule has 106 valence electrons. The number of halogens is 1. The molecule has 0 atom stereocenters. The molecule has 2 rings (SSSR count). The van der Waals surface area contributed by atoms with Gasteiger partial charge in [0.25, 0.3) is 0 Å². The van der Waals surface area contributed by atoms with E-state index in [-0.39, 0.29) is 0 Å². The highest BCUT2D eigenvalue weighted by Gasteiger charge is 2.08. The summed E-state index contributed by atoms with van der Waals surface area (Å²) in [5.41, 5.74) is 6.63. The summed E-state index contributed by atoms with van der Waals surface area (Å²) in [4.78, 5) is 8.50. The van der Waals surface area contributed by atoms with Crippen molar-refractivity contribution in [3.05, 3.63) is 40.7 Å². The first-order chi connectivity index (χ1) is 9.63. The first-order valence-electron chi connectivity index (χ1n) is 6.32. The lowest BCUT2D eigenvalue weighted by Gasteiger charge is -2.12. The summed E-state index contributed by atoms with van der Waals surface area (Å²) in [5, 5.41) is 3.84. The van der Waals surface area contributed by atoms with Gasteiger partial charge in [0.1, 0.15) is 23.2 Å². The predicted molar refractivity (Wildman–Crippen MR) is 81.2 cm³/mol. The average molecular weight is 293 g/mol. The van der Waals surface area contributed by atoms with E-state index >= 15 is 0 Å². The van der Waals surface area contributed by atoms with Crippen LogP contribution in [0.4, 0.5) is 11.6 Å². The van der Waals surface area contributed by atoms with Gasteiger partial charge in [0.15, 0.2) is 0 Å². The number of hydrogen-bond acceptors (Lipinski definition) is 5. The number of aromatic nitrogens is 2. The second-order valence-electron chi connectivity index (χ2n) is 4.22. The number of benzene rings is 1. The maximum atomic E-state index is 6.19. The maximum absolute atomic E-state index is 6.19. The smallest absolute Gasteiger partial charge is 0.132 e. The van der Waals surface area contributed by atoms with E-state index in [0.717, 1.165) is 17.7 Å². The fraction of sp³-hybridized carbons (Fsp3) is 0.286. The van der Waals surface area contributed by atoms with Gasteiger partial charge in [0.2, 0.25) is 0 Å². The van der Waals surface area contributed by atoms with Crippen molar-refractivity contribution >= 4 is 23.2 Å². The monoisotopic (exact) mass is 292 g/mol. The number of rotatable bonds is 5. The molecular weight excluding hydrogens is 276 g/mol. The number of hydrogen-bond donors (Lipinski definition) is 2. The number of nitrogens with two attached hydrogens (primary N) is 1. The number of anilines is 2. The van der Waals surface area contributed by atoms with Crippen LogP contribution >= 0.6 is 11.6 Å². The minimum atomic E-state index is 0.450. The Morgan fingerprint density at radius 2 is 2.15 bits per heavy atom. The highest BCUT2D eigenvalue weighted by molar-refractivity contribution is 6.31. The quantitative estimate of drug-likeness (QED) is 0.886. The summed E-state index contributed by atoms with van der Waals surface area (Å²) in [5.74, 6) is 2.57. The van der Waals surface area contributed by atoms with Gasteiger partial charge in [0.05, 0.1) is 7.11 Å². The fourth-order valence-electron chi connectivity index (χ4n) is 1.85. The number of aryl methyl sites for hydroxylation is 1. The average Bonchev–Trinajstić information content (AvgIpc) is 2.45. The van der Waals surface area contributed by atoms with Crippen molar-refractivity contribution in [3.63, 3.8) is 0 Å². The largest absolute Gasteiger partial charge is 0.496 e. The van der Waals surface area contributed by atoms with Crippen LogP contribution in [0.2, 0.25) is 5.02 Å². The molecule has 1 heterocycles. The van der Waals surface area contributed by atoms with Crippen LogP contribution in [0, 0.1) is 0 Å². The third-order valence-electron chi connectivity index (χ3n) is 2.85. The molecule has 0 aliphatic carbocycles. The van der Waals surface area contributed by atoms with E-state index in [0.29, 0.717) is 29.0 Å². The maximum Gasteiger partial charge on any atom is 0.132 e. The van der Waals surface area contributed by atoms with Gasteiger partial charge in [0, 0.05) is 29.6 Å². The molecule has 0 saturated carbocycles. The van der Waals surface area contributed by atoms with Crippen molar-refractivity contribution in [1.82, 2.24) is 9.97 Å². The Kier molecular flexibility index (Phi) is 4.63. The van der Waals surface area contributed by atoms with Crippen LogP contribution in [0.1, 0.15) is 18.3 Å². The Morgan fingerprint density at radius 3 is 2.85 bits per heavy atom. The van der Waals surface area contributed by atoms with E-state index in [1.807, 2.05) is 25.1 Å². The summed E-state index contributed by atoms with van der Waals surface area (Å²) in [7, 11) is 1.62. The first-order valence-corrected chi connectivity index (χ1v) is 6.70. The number of ether oxygens (including phenoxy) is 1. The number of nitrogens with zero attached hydrogens (tertiary/aromatic N) is 2. The zero-order valence-electron chi connectivity index (χ0n) is 11.5. The lowest BCUT2D eigenvalue weighted by molar-refractivity contribution is 0.410. The molecule has 0 aliphatic rings. The molecule has 0 saturated heterocycles. The Bertz CT molecular complexity index is 604. The van der Waals surface area contributed by atoms with E-state index in [4.69, 9.17) is 22.1 Å². The normalized spacial score (nSPS) is 10.3. The van der Waals surface area contributed by atoms with E-state index in [1.165, 1.54) is 0 Å². The van der Waals surface area contributed by atoms with Gasteiger partial charge in [-0.25, -0.2) is 9.97 Å². The Balaban J connectivity index is 2.19. The third kappa shape index (κ3) is 3.30. The van der Waals surface area contributed by atoms with E-state index < -0.39 is 0 Å². The van der Waals surface area contributed by atoms with Crippen LogP contribution in [0.25, 0.3) is 0 Å². The Morgan fingerprint density at radius 1 is 1.35 bits per heavy atom. The molecule has 20 heavy (non-hydrogen) atoms. The van der Waals surface area contributed by atoms with Gasteiger partial charge in [-0.1, -0.05) is 24.6 Å². The molecule has 0 aliphatic heterocycles. The predicted octanol–water partition coefficient (Wildman–Crippen LogP) is 2.90. The molecule has 1 aromatic carbocycles. The van der Waals surface area contributed by atoms with Gasteiger partial charge in [-0.15, -0.1) is 0 Å². The lowest BCUT2D eigenvalue weighted by atomic mass is 10.2. The van der Waals surface area contributed by atoms with E-state index in [2.05, 4.69) is 15.3 Å². The molecular formula is C14H17ClN4O. The topological polar surface area (TPSA) is 73.1 Å². The van der Waals surface area contributed by atoms with Gasteiger partial charge >= 0.3 is 0 Å². The molecule has 0 bridgehead atoms. The van der Waals surface area contributed by atoms with Crippen molar-refractivity contribution in [2.24, 2.45) is 0 Å². The zero-order valence-corrected chi connectivity index (χ0v) is 12.2. The van der Waals surface area contributed by atoms with Crippen LogP contribution in [0.15, 0.2) is 24.3 Å². The van der Waals surface area contributed by atoms with Crippen LogP contribution in [0.5, 0.6) is 5.75 Å². The number of nitrogen functional groups attached to an aromatic ring is 1. The summed E-state index contributed by atoms with van der Waals surface area (Å²) >= 11 is 6.19. The SMILES string of the molecule is CCc1nc(N)cc(NCc2c(Cl)cccc2OC)n1. The molecule has 3 N–H and O–H groups in total. The highest BCUT2D eigenvalue weighted by Crippen LogP contribution is 2.26. The standard InChI is InChI=1S/C14H17ClN4O/c1-3-13-18-12(16)7-14(19-13)17-8-9-10(15)5-4-6-11(9)20-2/h4-7H,3,8H2,1-2H3,(H3,16,17,18,19). The second-order valence-corrected chi connectivity index (χ2v) is 4.63. The molecule has 0 radical (unpaired) electrons. The van der Waals surface area contributed by atoms with E-state index in [1.54, 1.807) is 13.2 Å². The summed E-state index contributed by atoms with van der Waals surface area (Å²) in [6.07, 6.45) is 0.731. The zero-order chi connectivity index (χ0) is 14.5. The van der Waals surface area contributed by atoms with Gasteiger partial charge in [-0.05, 0) is 12.1 Å². The number of nitrogens with one attached hydrogen (secondary N) is 1. The second kappa shape index (κ2) is 6.43. The van der Waals surface area contributed by atoms with Crippen LogP contribution in [-0.2, 0) is 13.0 Å². The first kappa shape index (κ1) is 14.4. The van der Waals surface area contributed by atoms with Crippen molar-refractivity contribution in [1.29, 1.82) is 0 Å². The van der Waals surface area contributed by atoms with Gasteiger partial charge in [-0.3, -0.25) is 0 Å². The molecule has 2 aromatic rings. The minimum Gasteiger partial charge on any atom is -0.496 e. The summed E-state index contributed by atoms with van der Waals surface area (Å²) in [6.45, 7) is 2.48. The molecule has 0 spiro atoms. The lowest BCUT2D eigenvalue weighted by Crippen LogP contribution is -2.07. The fourth-order valence-corrected chi connectivity index (χ4v) is 2.08. The Labute approximate surface area is 123 Å². The van der Waals surface area contributed by atoms with Crippen molar-refractivity contribution in [3.8, 4) is 5.75 Å². The molecule has 0 fully saturated rings. The van der Waals surface area contributed by atoms with Gasteiger partial charge in [-0.2, -0.15) is 0 Å². The molecule has 0 unspecified atom stereocenters.